The Bertz CT molecular complexity index is 466. The summed E-state index contributed by atoms with van der Waals surface area (Å²) in [4.78, 5) is -1.09. The summed E-state index contributed by atoms with van der Waals surface area (Å²) in [5.74, 6) is 0. The van der Waals surface area contributed by atoms with E-state index >= 15 is 0 Å². The lowest BCUT2D eigenvalue weighted by atomic mass is 10.0. The van der Waals surface area contributed by atoms with Crippen LogP contribution in [0.25, 0.3) is 0 Å². The minimum absolute atomic E-state index is 0.318. The second kappa shape index (κ2) is 4.91. The Morgan fingerprint density at radius 1 is 1.12 bits per heavy atom. The van der Waals surface area contributed by atoms with Crippen LogP contribution in [0.2, 0.25) is 0 Å². The topological polar surface area (TPSA) is 38.0 Å². The predicted octanol–water partition coefficient (Wildman–Crippen LogP) is 3.62. The van der Waals surface area contributed by atoms with E-state index in [4.69, 9.17) is 40.5 Å². The molecule has 0 bridgehead atoms. The largest absolute Gasteiger partial charge is 0.375 e. The first-order valence-electron chi connectivity index (χ1n) is 5.04. The summed E-state index contributed by atoms with van der Waals surface area (Å²) in [6, 6.07) is 9.31. The molecule has 1 aliphatic rings. The van der Waals surface area contributed by atoms with Crippen molar-refractivity contribution in [2.75, 3.05) is 5.32 Å². The smallest absolute Gasteiger partial charge is 0.135 e. The molecule has 3 N–H and O–H groups in total. The summed E-state index contributed by atoms with van der Waals surface area (Å²) < 4.78 is 0. The van der Waals surface area contributed by atoms with Crippen molar-refractivity contribution in [3.05, 3.63) is 52.5 Å². The summed E-state index contributed by atoms with van der Waals surface area (Å²) >= 11 is 18.0. The van der Waals surface area contributed by atoms with E-state index in [1.54, 1.807) is 12.2 Å². The van der Waals surface area contributed by atoms with E-state index in [9.17, 15) is 0 Å². The summed E-state index contributed by atoms with van der Waals surface area (Å²) in [6.45, 7) is 0. The van der Waals surface area contributed by atoms with Crippen LogP contribution in [0.4, 0.5) is 5.69 Å². The first kappa shape index (κ1) is 12.8. The number of hydrogen-bond donors (Lipinski definition) is 2. The van der Waals surface area contributed by atoms with E-state index in [-0.39, 0.29) is 6.04 Å². The zero-order chi connectivity index (χ0) is 12.5. The van der Waals surface area contributed by atoms with Crippen LogP contribution in [0.1, 0.15) is 0 Å². The summed E-state index contributed by atoms with van der Waals surface area (Å²) in [6.07, 6.45) is 3.25. The molecule has 1 aliphatic carbocycles. The molecule has 1 aromatic rings. The van der Waals surface area contributed by atoms with Gasteiger partial charge in [-0.1, -0.05) is 53.0 Å². The number of nitrogens with two attached hydrogens (primary N) is 1. The molecule has 5 heteroatoms. The average molecular weight is 290 g/mol. The van der Waals surface area contributed by atoms with Gasteiger partial charge in [-0.3, -0.25) is 0 Å². The molecule has 0 radical (unpaired) electrons. The van der Waals surface area contributed by atoms with Crippen molar-refractivity contribution in [2.24, 2.45) is 5.73 Å². The third-order valence-corrected chi connectivity index (χ3v) is 3.54. The predicted molar refractivity (Wildman–Crippen MR) is 74.5 cm³/mol. The number of para-hydroxylation sites is 1. The lowest BCUT2D eigenvalue weighted by molar-refractivity contribution is 0.666. The SMILES string of the molecule is NC1(Cl)C=C(Cl)C(Cl)=CC1Nc1ccccc1. The lowest BCUT2D eigenvalue weighted by Gasteiger charge is -2.32. The Morgan fingerprint density at radius 2 is 1.76 bits per heavy atom. The Labute approximate surface area is 115 Å². The molecule has 0 saturated carbocycles. The molecule has 0 saturated heterocycles. The molecule has 2 unspecified atom stereocenters. The molecular formula is C12H11Cl3N2. The first-order chi connectivity index (χ1) is 7.99. The lowest BCUT2D eigenvalue weighted by Crippen LogP contribution is -2.48. The van der Waals surface area contributed by atoms with Gasteiger partial charge in [-0.15, -0.1) is 0 Å². The number of hydrogen-bond acceptors (Lipinski definition) is 2. The number of anilines is 1. The van der Waals surface area contributed by atoms with Gasteiger partial charge in [0.2, 0.25) is 0 Å². The van der Waals surface area contributed by atoms with Crippen LogP contribution < -0.4 is 11.1 Å². The number of halogens is 3. The second-order valence-corrected chi connectivity index (χ2v) is 5.29. The van der Waals surface area contributed by atoms with Crippen LogP contribution in [0, 0.1) is 0 Å². The highest BCUT2D eigenvalue weighted by atomic mass is 35.5. The number of benzene rings is 1. The zero-order valence-corrected chi connectivity index (χ0v) is 11.1. The molecule has 2 nitrogen and oxygen atoms in total. The molecule has 0 spiro atoms. The van der Waals surface area contributed by atoms with E-state index in [0.717, 1.165) is 5.69 Å². The minimum atomic E-state index is -1.09. The van der Waals surface area contributed by atoms with Gasteiger partial charge in [-0.25, -0.2) is 0 Å². The maximum Gasteiger partial charge on any atom is 0.135 e. The highest BCUT2D eigenvalue weighted by Gasteiger charge is 2.33. The van der Waals surface area contributed by atoms with E-state index in [2.05, 4.69) is 5.32 Å². The van der Waals surface area contributed by atoms with Crippen molar-refractivity contribution in [1.82, 2.24) is 0 Å². The Kier molecular flexibility index (Phi) is 3.69. The van der Waals surface area contributed by atoms with Crippen LogP contribution in [0.5, 0.6) is 0 Å². The van der Waals surface area contributed by atoms with Crippen molar-refractivity contribution in [3.63, 3.8) is 0 Å². The fourth-order valence-electron chi connectivity index (χ4n) is 1.57. The quantitative estimate of drug-likeness (QED) is 0.644. The molecule has 2 atom stereocenters. The molecule has 0 heterocycles. The summed E-state index contributed by atoms with van der Waals surface area (Å²) in [7, 11) is 0. The van der Waals surface area contributed by atoms with Gasteiger partial charge < -0.3 is 11.1 Å². The second-order valence-electron chi connectivity index (χ2n) is 3.82. The maximum absolute atomic E-state index is 6.20. The van der Waals surface area contributed by atoms with Gasteiger partial charge in [-0.2, -0.15) is 0 Å². The highest BCUT2D eigenvalue weighted by Crippen LogP contribution is 2.33. The van der Waals surface area contributed by atoms with Crippen molar-refractivity contribution < 1.29 is 0 Å². The fraction of sp³-hybridized carbons (Fsp3) is 0.167. The Hall–Kier alpha value is -0.670. The van der Waals surface area contributed by atoms with Crippen molar-refractivity contribution in [3.8, 4) is 0 Å². The van der Waals surface area contributed by atoms with Crippen molar-refractivity contribution in [1.29, 1.82) is 0 Å². The Morgan fingerprint density at radius 3 is 2.41 bits per heavy atom. The molecule has 1 aromatic carbocycles. The first-order valence-corrected chi connectivity index (χ1v) is 6.18. The number of rotatable bonds is 2. The van der Waals surface area contributed by atoms with Crippen molar-refractivity contribution in [2.45, 2.75) is 11.0 Å². The highest BCUT2D eigenvalue weighted by molar-refractivity contribution is 6.45. The molecule has 0 aliphatic heterocycles. The normalized spacial score (nSPS) is 28.4. The standard InChI is InChI=1S/C12H11Cl3N2/c13-9-6-11(12(15,16)7-10(9)14)17-8-4-2-1-3-5-8/h1-7,11,17H,16H2. The van der Waals surface area contributed by atoms with E-state index < -0.39 is 5.00 Å². The molecular weight excluding hydrogens is 279 g/mol. The van der Waals surface area contributed by atoms with Crippen LogP contribution in [0.15, 0.2) is 52.5 Å². The van der Waals surface area contributed by atoms with Crippen LogP contribution in [-0.2, 0) is 0 Å². The molecule has 0 amide bonds. The zero-order valence-electron chi connectivity index (χ0n) is 8.83. The van der Waals surface area contributed by atoms with Gasteiger partial charge in [0.05, 0.1) is 16.1 Å². The summed E-state index contributed by atoms with van der Waals surface area (Å²) in [5, 5.41) is 4.02. The van der Waals surface area contributed by atoms with Crippen LogP contribution >= 0.6 is 34.8 Å². The molecule has 2 rings (SSSR count). The van der Waals surface area contributed by atoms with Gasteiger partial charge in [0.1, 0.15) is 5.00 Å². The van der Waals surface area contributed by atoms with Crippen LogP contribution in [-0.4, -0.2) is 11.0 Å². The van der Waals surface area contributed by atoms with Crippen LogP contribution in [0.3, 0.4) is 0 Å². The van der Waals surface area contributed by atoms with E-state index in [0.29, 0.717) is 10.1 Å². The molecule has 90 valence electrons. The van der Waals surface area contributed by atoms with Gasteiger partial charge in [0.15, 0.2) is 0 Å². The molecule has 0 fully saturated rings. The minimum Gasteiger partial charge on any atom is -0.375 e. The average Bonchev–Trinajstić information content (AvgIpc) is 2.27. The molecule has 0 aromatic heterocycles. The fourth-order valence-corrected chi connectivity index (χ4v) is 2.28. The van der Waals surface area contributed by atoms with Gasteiger partial charge in [0.25, 0.3) is 0 Å². The maximum atomic E-state index is 6.20. The van der Waals surface area contributed by atoms with E-state index in [1.165, 1.54) is 0 Å². The number of allylic oxidation sites excluding steroid dienone is 2. The van der Waals surface area contributed by atoms with Gasteiger partial charge >= 0.3 is 0 Å². The third-order valence-electron chi connectivity index (χ3n) is 2.46. The third kappa shape index (κ3) is 2.96. The monoisotopic (exact) mass is 288 g/mol. The Balaban J connectivity index is 2.22. The number of alkyl halides is 1. The van der Waals surface area contributed by atoms with Gasteiger partial charge in [-0.05, 0) is 24.3 Å². The number of nitrogens with one attached hydrogen (secondary N) is 1. The molecule has 17 heavy (non-hydrogen) atoms. The van der Waals surface area contributed by atoms with Crippen molar-refractivity contribution >= 4 is 40.5 Å². The van der Waals surface area contributed by atoms with Gasteiger partial charge in [0, 0.05) is 5.69 Å². The summed E-state index contributed by atoms with van der Waals surface area (Å²) in [5.41, 5.74) is 6.88. The van der Waals surface area contributed by atoms with E-state index in [1.807, 2.05) is 30.3 Å².